The zero-order valence-corrected chi connectivity index (χ0v) is 11.2. The molecule has 2 aliphatic rings. The van der Waals surface area contributed by atoms with Crippen LogP contribution in [0.5, 0.6) is 0 Å². The van der Waals surface area contributed by atoms with Crippen LogP contribution in [0, 0.1) is 5.92 Å². The molecule has 1 saturated heterocycles. The predicted molar refractivity (Wildman–Crippen MR) is 73.4 cm³/mol. The average Bonchev–Trinajstić information content (AvgIpc) is 2.93. The Morgan fingerprint density at radius 1 is 1.47 bits per heavy atom. The highest BCUT2D eigenvalue weighted by Gasteiger charge is 2.30. The molecule has 1 fully saturated rings. The molecule has 1 aromatic carbocycles. The molecule has 2 atom stereocenters. The Bertz CT molecular complexity index is 419. The number of rotatable bonds is 2. The number of benzene rings is 1. The zero-order valence-electron chi connectivity index (χ0n) is 10.4. The third kappa shape index (κ3) is 2.12. The summed E-state index contributed by atoms with van der Waals surface area (Å²) >= 11 is 2.01. The average molecular weight is 248 g/mol. The number of likely N-dealkylation sites (tertiary alicyclic amines) is 1. The first-order valence-corrected chi connectivity index (χ1v) is 7.42. The molecule has 17 heavy (non-hydrogen) atoms. The Hall–Kier alpha value is -0.510. The standard InChI is InChI=1S/C14H20N2S/c1-16-9-10(8-15)6-13(16)12-3-2-11-4-5-17-14(11)7-12/h2-3,7,10,13H,4-6,8-9,15H2,1H3. The van der Waals surface area contributed by atoms with Gasteiger partial charge in [-0.3, -0.25) is 4.90 Å². The van der Waals surface area contributed by atoms with Crippen LogP contribution in [0.25, 0.3) is 0 Å². The molecule has 3 rings (SSSR count). The van der Waals surface area contributed by atoms with Gasteiger partial charge in [-0.05, 0) is 49.5 Å². The second-order valence-electron chi connectivity index (χ2n) is 5.26. The first-order valence-electron chi connectivity index (χ1n) is 6.44. The van der Waals surface area contributed by atoms with Crippen LogP contribution in [0.2, 0.25) is 0 Å². The van der Waals surface area contributed by atoms with Gasteiger partial charge >= 0.3 is 0 Å². The topological polar surface area (TPSA) is 29.3 Å². The smallest absolute Gasteiger partial charge is 0.0349 e. The molecule has 2 unspecified atom stereocenters. The molecule has 2 nitrogen and oxygen atoms in total. The monoisotopic (exact) mass is 248 g/mol. The molecule has 0 radical (unpaired) electrons. The summed E-state index contributed by atoms with van der Waals surface area (Å²) in [6.45, 7) is 1.96. The van der Waals surface area contributed by atoms with Gasteiger partial charge in [-0.2, -0.15) is 0 Å². The van der Waals surface area contributed by atoms with E-state index in [9.17, 15) is 0 Å². The van der Waals surface area contributed by atoms with Gasteiger partial charge < -0.3 is 5.73 Å². The third-order valence-electron chi connectivity index (χ3n) is 4.07. The van der Waals surface area contributed by atoms with Crippen molar-refractivity contribution < 1.29 is 0 Å². The van der Waals surface area contributed by atoms with E-state index in [-0.39, 0.29) is 0 Å². The zero-order chi connectivity index (χ0) is 11.8. The van der Waals surface area contributed by atoms with E-state index < -0.39 is 0 Å². The molecule has 0 aromatic heterocycles. The lowest BCUT2D eigenvalue weighted by Gasteiger charge is -2.20. The largest absolute Gasteiger partial charge is 0.330 e. The van der Waals surface area contributed by atoms with Crippen molar-refractivity contribution >= 4 is 11.8 Å². The fourth-order valence-corrected chi connectivity index (χ4v) is 4.17. The van der Waals surface area contributed by atoms with Crippen molar-refractivity contribution in [1.29, 1.82) is 0 Å². The fourth-order valence-electron chi connectivity index (χ4n) is 3.06. The first-order chi connectivity index (χ1) is 8.28. The van der Waals surface area contributed by atoms with Crippen molar-refractivity contribution in [1.82, 2.24) is 4.90 Å². The molecule has 2 N–H and O–H groups in total. The number of hydrogen-bond donors (Lipinski definition) is 1. The highest BCUT2D eigenvalue weighted by Crippen LogP contribution is 2.38. The molecule has 0 aliphatic carbocycles. The van der Waals surface area contributed by atoms with Crippen LogP contribution >= 0.6 is 11.8 Å². The van der Waals surface area contributed by atoms with Crippen molar-refractivity contribution in [3.63, 3.8) is 0 Å². The summed E-state index contributed by atoms with van der Waals surface area (Å²) in [5.74, 6) is 1.93. The molecule has 2 aliphatic heterocycles. The molecule has 0 bridgehead atoms. The summed E-state index contributed by atoms with van der Waals surface area (Å²) < 4.78 is 0. The first kappa shape index (κ1) is 11.6. The molecule has 92 valence electrons. The maximum Gasteiger partial charge on any atom is 0.0349 e. The lowest BCUT2D eigenvalue weighted by molar-refractivity contribution is 0.313. The Morgan fingerprint density at radius 2 is 2.35 bits per heavy atom. The fraction of sp³-hybridized carbons (Fsp3) is 0.571. The van der Waals surface area contributed by atoms with Crippen LogP contribution in [0.3, 0.4) is 0 Å². The number of fused-ring (bicyclic) bond motifs is 1. The summed E-state index contributed by atoms with van der Waals surface area (Å²) in [6, 6.07) is 7.64. The van der Waals surface area contributed by atoms with Gasteiger partial charge in [0.15, 0.2) is 0 Å². The maximum atomic E-state index is 5.80. The highest BCUT2D eigenvalue weighted by molar-refractivity contribution is 7.99. The second-order valence-corrected chi connectivity index (χ2v) is 6.40. The Morgan fingerprint density at radius 3 is 3.12 bits per heavy atom. The predicted octanol–water partition coefficient (Wildman–Crippen LogP) is 2.29. The van der Waals surface area contributed by atoms with Crippen LogP contribution in [-0.2, 0) is 6.42 Å². The molecule has 3 heteroatoms. The van der Waals surface area contributed by atoms with Gasteiger partial charge in [-0.25, -0.2) is 0 Å². The molecule has 1 aromatic rings. The quantitative estimate of drug-likeness (QED) is 0.870. The number of nitrogens with two attached hydrogens (primary N) is 1. The van der Waals surface area contributed by atoms with Gasteiger partial charge in [-0.1, -0.05) is 12.1 Å². The van der Waals surface area contributed by atoms with E-state index in [0.29, 0.717) is 12.0 Å². The molecule has 2 heterocycles. The Kier molecular flexibility index (Phi) is 3.16. The van der Waals surface area contributed by atoms with Gasteiger partial charge in [-0.15, -0.1) is 11.8 Å². The van der Waals surface area contributed by atoms with Gasteiger partial charge in [0.2, 0.25) is 0 Å². The van der Waals surface area contributed by atoms with Crippen molar-refractivity contribution in [3.05, 3.63) is 29.3 Å². The van der Waals surface area contributed by atoms with Gasteiger partial charge in [0.05, 0.1) is 0 Å². The SMILES string of the molecule is CN1CC(CN)CC1c1ccc2c(c1)SCC2. The highest BCUT2D eigenvalue weighted by atomic mass is 32.2. The van der Waals surface area contributed by atoms with Crippen molar-refractivity contribution in [2.75, 3.05) is 25.9 Å². The van der Waals surface area contributed by atoms with E-state index in [1.54, 1.807) is 0 Å². The van der Waals surface area contributed by atoms with Gasteiger partial charge in [0, 0.05) is 23.2 Å². The van der Waals surface area contributed by atoms with Crippen molar-refractivity contribution in [2.45, 2.75) is 23.8 Å². The molecular formula is C14H20N2S. The summed E-state index contributed by atoms with van der Waals surface area (Å²) in [7, 11) is 2.22. The van der Waals surface area contributed by atoms with E-state index in [0.717, 1.165) is 13.1 Å². The molecular weight excluding hydrogens is 228 g/mol. The molecule has 0 spiro atoms. The summed E-state index contributed by atoms with van der Waals surface area (Å²) in [5.41, 5.74) is 8.82. The van der Waals surface area contributed by atoms with Crippen LogP contribution < -0.4 is 5.73 Å². The lowest BCUT2D eigenvalue weighted by atomic mass is 9.98. The van der Waals surface area contributed by atoms with Crippen LogP contribution in [0.15, 0.2) is 23.1 Å². The summed E-state index contributed by atoms with van der Waals surface area (Å²) in [5, 5.41) is 0. The summed E-state index contributed by atoms with van der Waals surface area (Å²) in [4.78, 5) is 3.96. The Balaban J connectivity index is 1.84. The summed E-state index contributed by atoms with van der Waals surface area (Å²) in [6.07, 6.45) is 2.46. The third-order valence-corrected chi connectivity index (χ3v) is 5.17. The lowest BCUT2D eigenvalue weighted by Crippen LogP contribution is -2.20. The van der Waals surface area contributed by atoms with Crippen molar-refractivity contribution in [2.24, 2.45) is 11.7 Å². The van der Waals surface area contributed by atoms with Crippen molar-refractivity contribution in [3.8, 4) is 0 Å². The van der Waals surface area contributed by atoms with E-state index >= 15 is 0 Å². The minimum Gasteiger partial charge on any atom is -0.330 e. The number of hydrogen-bond acceptors (Lipinski definition) is 3. The molecule has 0 saturated carbocycles. The van der Waals surface area contributed by atoms with Crippen LogP contribution in [0.4, 0.5) is 0 Å². The van der Waals surface area contributed by atoms with Gasteiger partial charge in [0.25, 0.3) is 0 Å². The second kappa shape index (κ2) is 4.63. The van der Waals surface area contributed by atoms with Crippen LogP contribution in [-0.4, -0.2) is 30.8 Å². The number of thioether (sulfide) groups is 1. The maximum absolute atomic E-state index is 5.80. The normalized spacial score (nSPS) is 28.6. The van der Waals surface area contributed by atoms with Gasteiger partial charge in [0.1, 0.15) is 0 Å². The number of aryl methyl sites for hydroxylation is 1. The minimum absolute atomic E-state index is 0.579. The molecule has 0 amide bonds. The van der Waals surface area contributed by atoms with E-state index in [1.807, 2.05) is 11.8 Å². The number of nitrogens with zero attached hydrogens (tertiary/aromatic N) is 1. The van der Waals surface area contributed by atoms with Crippen LogP contribution in [0.1, 0.15) is 23.6 Å². The van der Waals surface area contributed by atoms with E-state index in [1.165, 1.54) is 34.6 Å². The Labute approximate surface area is 108 Å². The van der Waals surface area contributed by atoms with E-state index in [4.69, 9.17) is 5.73 Å². The van der Waals surface area contributed by atoms with E-state index in [2.05, 4.69) is 30.1 Å². The minimum atomic E-state index is 0.579.